The number of unbranched alkanes of at least 4 members (excludes halogenated alkanes) is 12. The van der Waals surface area contributed by atoms with Crippen LogP contribution in [0.25, 0.3) is 0 Å². The molecule has 0 rings (SSSR count). The minimum absolute atomic E-state index is 0.0484. The van der Waals surface area contributed by atoms with E-state index in [0.717, 1.165) is 6.42 Å². The second-order valence-corrected chi connectivity index (χ2v) is 5.52. The third kappa shape index (κ3) is 16.0. The summed E-state index contributed by atoms with van der Waals surface area (Å²) in [7, 11) is 1.87. The first-order valence-corrected chi connectivity index (χ1v) is 8.40. The lowest BCUT2D eigenvalue weighted by Crippen LogP contribution is -2.06. The Bertz CT molecular complexity index is 161. The molecule has 1 N–H and O–H groups in total. The van der Waals surface area contributed by atoms with Gasteiger partial charge >= 0.3 is 0 Å². The van der Waals surface area contributed by atoms with Gasteiger partial charge in [0.15, 0.2) is 0 Å². The Hall–Kier alpha value is -0.0400. The normalized spacial score (nSPS) is 13.6. The van der Waals surface area contributed by atoms with Crippen molar-refractivity contribution in [1.29, 1.82) is 0 Å². The molecule has 0 saturated heterocycles. The molecule has 110 valence electrons. The van der Waals surface area contributed by atoms with Gasteiger partial charge in [-0.05, 0) is 20.0 Å². The van der Waals surface area contributed by atoms with Crippen LogP contribution in [0.4, 0.5) is 0 Å². The molecule has 0 aromatic carbocycles. The molecule has 1 atom stereocenters. The van der Waals surface area contributed by atoms with E-state index in [2.05, 4.69) is 12.2 Å². The molecule has 0 fully saturated rings. The molecule has 1 unspecified atom stereocenters. The van der Waals surface area contributed by atoms with Crippen molar-refractivity contribution in [2.45, 2.75) is 96.8 Å². The molecule has 0 saturated carbocycles. The van der Waals surface area contributed by atoms with Crippen LogP contribution >= 0.6 is 0 Å². The summed E-state index contributed by atoms with van der Waals surface area (Å²) in [5, 5.41) is 2.97. The second-order valence-electron chi connectivity index (χ2n) is 5.52. The molecule has 0 radical (unpaired) electrons. The van der Waals surface area contributed by atoms with E-state index in [9.17, 15) is 0 Å². The van der Waals surface area contributed by atoms with E-state index < -0.39 is 0 Å². The summed E-state index contributed by atoms with van der Waals surface area (Å²) in [6, 6.07) is 0. The fraction of sp³-hybridized carbons (Fsp3) is 1.00. The quantitative estimate of drug-likeness (QED) is 0.372. The molecule has 1 nitrogen and oxygen atoms in total. The van der Waals surface area contributed by atoms with E-state index in [1.54, 1.807) is 0 Å². The first-order valence-electron chi connectivity index (χ1n) is 8.98. The average molecular weight is 257 g/mol. The van der Waals surface area contributed by atoms with E-state index in [1.165, 1.54) is 83.5 Å². The Kier molecular flexibility index (Phi) is 15.1. The van der Waals surface area contributed by atoms with Gasteiger partial charge in [-0.25, -0.2) is 0 Å². The summed E-state index contributed by atoms with van der Waals surface area (Å²) >= 11 is 0. The summed E-state index contributed by atoms with van der Waals surface area (Å²) in [5.74, 6) is 0. The largest absolute Gasteiger partial charge is 0.320 e. The van der Waals surface area contributed by atoms with E-state index in [-0.39, 0.29) is 6.52 Å². The van der Waals surface area contributed by atoms with Gasteiger partial charge in [-0.3, -0.25) is 0 Å². The van der Waals surface area contributed by atoms with Gasteiger partial charge in [-0.2, -0.15) is 0 Å². The summed E-state index contributed by atoms with van der Waals surface area (Å²) in [4.78, 5) is 0. The minimum atomic E-state index is -0.0484. The van der Waals surface area contributed by atoms with Gasteiger partial charge in [0.05, 0.1) is 0 Å². The third-order valence-corrected chi connectivity index (χ3v) is 3.66. The molecule has 0 aromatic rings. The van der Waals surface area contributed by atoms with Gasteiger partial charge in [-0.15, -0.1) is 0 Å². The van der Waals surface area contributed by atoms with Crippen LogP contribution in [0.1, 0.15) is 98.2 Å². The Labute approximate surface area is 118 Å². The van der Waals surface area contributed by atoms with Crippen molar-refractivity contribution < 1.29 is 1.37 Å². The van der Waals surface area contributed by atoms with Gasteiger partial charge in [-0.1, -0.05) is 90.4 Å². The molecule has 0 bridgehead atoms. The first-order chi connectivity index (χ1) is 9.31. The van der Waals surface area contributed by atoms with Gasteiger partial charge in [0.1, 0.15) is 0 Å². The molecule has 1 heteroatoms. The highest BCUT2D eigenvalue weighted by Gasteiger charge is 1.93. The van der Waals surface area contributed by atoms with Gasteiger partial charge in [0, 0.05) is 1.37 Å². The maximum absolute atomic E-state index is 7.56. The molecule has 0 aliphatic rings. The van der Waals surface area contributed by atoms with Crippen molar-refractivity contribution in [2.75, 3.05) is 13.6 Å². The van der Waals surface area contributed by atoms with Crippen molar-refractivity contribution in [1.82, 2.24) is 5.32 Å². The van der Waals surface area contributed by atoms with E-state index in [0.29, 0.717) is 0 Å². The molecular weight excluding hydrogens is 218 g/mol. The fourth-order valence-corrected chi connectivity index (χ4v) is 2.41. The van der Waals surface area contributed by atoms with Crippen LogP contribution < -0.4 is 5.32 Å². The maximum atomic E-state index is 7.56. The summed E-state index contributed by atoms with van der Waals surface area (Å²) in [6.07, 6.45) is 19.2. The summed E-state index contributed by atoms with van der Waals surface area (Å²) < 4.78 is 7.56. The van der Waals surface area contributed by atoms with Gasteiger partial charge in [0.25, 0.3) is 0 Å². The Morgan fingerprint density at radius 2 is 0.944 bits per heavy atom. The highest BCUT2D eigenvalue weighted by molar-refractivity contribution is 4.49. The molecule has 0 aliphatic carbocycles. The average Bonchev–Trinajstić information content (AvgIpc) is 2.43. The van der Waals surface area contributed by atoms with Crippen molar-refractivity contribution in [3.8, 4) is 0 Å². The molecule has 0 amide bonds. The number of hydrogen-bond acceptors (Lipinski definition) is 1. The Morgan fingerprint density at radius 3 is 1.28 bits per heavy atom. The zero-order chi connectivity index (χ0) is 14.2. The maximum Gasteiger partial charge on any atom is 0.0428 e. The van der Waals surface area contributed by atoms with Crippen molar-refractivity contribution in [3.63, 3.8) is 0 Å². The van der Waals surface area contributed by atoms with Crippen LogP contribution in [0.2, 0.25) is 0 Å². The fourth-order valence-electron chi connectivity index (χ4n) is 2.41. The summed E-state index contributed by atoms with van der Waals surface area (Å²) in [5.41, 5.74) is 0. The lowest BCUT2D eigenvalue weighted by Gasteiger charge is -2.03. The van der Waals surface area contributed by atoms with Crippen LogP contribution in [0, 0.1) is 0 Å². The monoisotopic (exact) mass is 257 g/mol. The topological polar surface area (TPSA) is 12.0 Å². The van der Waals surface area contributed by atoms with Crippen LogP contribution in [0.5, 0.6) is 0 Å². The van der Waals surface area contributed by atoms with Crippen LogP contribution in [0.3, 0.4) is 0 Å². The lowest BCUT2D eigenvalue weighted by atomic mass is 10.0. The van der Waals surface area contributed by atoms with Gasteiger partial charge in [0.2, 0.25) is 0 Å². The van der Waals surface area contributed by atoms with Crippen molar-refractivity contribution in [2.24, 2.45) is 0 Å². The molecule has 0 spiro atoms. The predicted octanol–water partition coefficient (Wildman–Crippen LogP) is 5.69. The van der Waals surface area contributed by atoms with Crippen LogP contribution in [-0.2, 0) is 0 Å². The number of hydrogen-bond donors (Lipinski definition) is 1. The molecule has 18 heavy (non-hydrogen) atoms. The predicted molar refractivity (Wildman–Crippen MR) is 84.2 cm³/mol. The Balaban J connectivity index is 2.95. The first kappa shape index (κ1) is 16.0. The highest BCUT2D eigenvalue weighted by atomic mass is 14.8. The number of rotatable bonds is 15. The highest BCUT2D eigenvalue weighted by Crippen LogP contribution is 2.12. The van der Waals surface area contributed by atoms with Crippen molar-refractivity contribution >= 4 is 0 Å². The molecule has 0 heterocycles. The van der Waals surface area contributed by atoms with Gasteiger partial charge < -0.3 is 5.32 Å². The SMILES string of the molecule is [3H]C(CCCCCCCCCCCCCCC)NC. The number of nitrogens with one attached hydrogen (secondary N) is 1. The minimum Gasteiger partial charge on any atom is -0.320 e. The molecule has 0 aliphatic heterocycles. The van der Waals surface area contributed by atoms with E-state index in [4.69, 9.17) is 1.37 Å². The van der Waals surface area contributed by atoms with Crippen LogP contribution in [0.15, 0.2) is 0 Å². The lowest BCUT2D eigenvalue weighted by molar-refractivity contribution is 0.533. The van der Waals surface area contributed by atoms with E-state index in [1.807, 2.05) is 7.05 Å². The third-order valence-electron chi connectivity index (χ3n) is 3.66. The second kappa shape index (κ2) is 17.0. The zero-order valence-corrected chi connectivity index (χ0v) is 13.0. The van der Waals surface area contributed by atoms with Crippen molar-refractivity contribution in [3.05, 3.63) is 0 Å². The molecular formula is C17H37N. The molecule has 0 aromatic heterocycles. The smallest absolute Gasteiger partial charge is 0.0428 e. The zero-order valence-electron chi connectivity index (χ0n) is 14.0. The Morgan fingerprint density at radius 1 is 0.611 bits per heavy atom. The van der Waals surface area contributed by atoms with E-state index >= 15 is 0 Å². The van der Waals surface area contributed by atoms with Crippen LogP contribution in [-0.4, -0.2) is 13.6 Å². The standard InChI is InChI=1S/C17H37N/c1-3-4-5-6-7-8-9-10-11-12-13-14-15-16-17-18-2/h18H,3-17H2,1-2H3/i17T. The summed E-state index contributed by atoms with van der Waals surface area (Å²) in [6.45, 7) is 2.23.